The van der Waals surface area contributed by atoms with Gasteiger partial charge in [0.2, 0.25) is 0 Å². The van der Waals surface area contributed by atoms with Crippen molar-refractivity contribution in [3.63, 3.8) is 0 Å². The average molecular weight is 359 g/mol. The van der Waals surface area contributed by atoms with E-state index in [4.69, 9.17) is 10.1 Å². The van der Waals surface area contributed by atoms with E-state index in [-0.39, 0.29) is 12.0 Å². The summed E-state index contributed by atoms with van der Waals surface area (Å²) in [6.07, 6.45) is 1.93. The van der Waals surface area contributed by atoms with E-state index in [0.717, 1.165) is 44.9 Å². The summed E-state index contributed by atoms with van der Waals surface area (Å²) in [6, 6.07) is 6.13. The molecule has 6 heteroatoms. The first-order chi connectivity index (χ1) is 11.8. The van der Waals surface area contributed by atoms with Crippen molar-refractivity contribution in [3.8, 4) is 0 Å². The molecule has 0 unspecified atom stereocenters. The first-order valence-electron chi connectivity index (χ1n) is 8.09. The Morgan fingerprint density at radius 3 is 2.80 bits per heavy atom. The Morgan fingerprint density at radius 2 is 2.20 bits per heavy atom. The molecule has 25 heavy (non-hydrogen) atoms. The minimum Gasteiger partial charge on any atom is -0.395 e. The molecular weight excluding hydrogens is 334 g/mol. The standard InChI is InChI=1S/C19H25N3O2S/c1-13(20-4)17(25-12-24)11-18-19(2,3)15-10-14(22(5)8-9-23)6-7-16(15)21-18/h6-7,10-12,20,23H,1,8-9H2,2-5H3/b17-11-. The van der Waals surface area contributed by atoms with Crippen LogP contribution in [0.1, 0.15) is 19.4 Å². The van der Waals surface area contributed by atoms with E-state index in [2.05, 4.69) is 31.8 Å². The summed E-state index contributed by atoms with van der Waals surface area (Å²) in [7, 11) is 3.73. The maximum atomic E-state index is 11.0. The lowest BCUT2D eigenvalue weighted by molar-refractivity contribution is 0.304. The molecule has 1 aliphatic heterocycles. The number of aliphatic hydroxyl groups is 1. The molecule has 2 N–H and O–H groups in total. The van der Waals surface area contributed by atoms with Crippen molar-refractivity contribution in [2.75, 3.05) is 32.1 Å². The minimum atomic E-state index is -0.284. The van der Waals surface area contributed by atoms with E-state index in [0.29, 0.717) is 12.2 Å². The molecule has 0 aromatic heterocycles. The first-order valence-corrected chi connectivity index (χ1v) is 8.97. The number of carbonyl (C=O) groups excluding carboxylic acids is 1. The number of hydrogen-bond donors (Lipinski definition) is 2. The summed E-state index contributed by atoms with van der Waals surface area (Å²) in [5.41, 5.74) is 5.21. The molecule has 0 spiro atoms. The van der Waals surface area contributed by atoms with Crippen molar-refractivity contribution in [2.24, 2.45) is 4.99 Å². The third-order valence-electron chi connectivity index (χ3n) is 4.45. The van der Waals surface area contributed by atoms with E-state index >= 15 is 0 Å². The molecule has 1 aliphatic rings. The summed E-state index contributed by atoms with van der Waals surface area (Å²) < 4.78 is 0. The van der Waals surface area contributed by atoms with E-state index in [1.54, 1.807) is 7.05 Å². The lowest BCUT2D eigenvalue weighted by atomic mass is 9.81. The summed E-state index contributed by atoms with van der Waals surface area (Å²) in [4.78, 5) is 18.5. The van der Waals surface area contributed by atoms with Crippen LogP contribution < -0.4 is 10.2 Å². The molecule has 0 saturated heterocycles. The maximum absolute atomic E-state index is 11.0. The SMILES string of the molecule is C=C(NC)/C(=C/C1=Nc2ccc(N(C)CCO)cc2C1(C)C)SC=O. The smallest absolute Gasteiger partial charge is 0.181 e. The molecule has 0 bridgehead atoms. The molecule has 2 rings (SSSR count). The Bertz CT molecular complexity index is 738. The van der Waals surface area contributed by atoms with Crippen LogP contribution in [0.5, 0.6) is 0 Å². The van der Waals surface area contributed by atoms with Gasteiger partial charge in [0.05, 0.1) is 18.0 Å². The lowest BCUT2D eigenvalue weighted by Gasteiger charge is -2.24. The highest BCUT2D eigenvalue weighted by Gasteiger charge is 2.34. The number of carbonyl (C=O) groups is 1. The Hall–Kier alpha value is -2.05. The van der Waals surface area contributed by atoms with Crippen molar-refractivity contribution in [3.05, 3.63) is 47.0 Å². The number of benzene rings is 1. The average Bonchev–Trinajstić information content (AvgIpc) is 2.84. The zero-order valence-corrected chi connectivity index (χ0v) is 16.0. The third kappa shape index (κ3) is 3.96. The number of rotatable bonds is 8. The number of thioether (sulfide) groups is 1. The van der Waals surface area contributed by atoms with Crippen molar-refractivity contribution in [1.29, 1.82) is 0 Å². The Kier molecular flexibility index (Phi) is 6.08. The van der Waals surface area contributed by atoms with Gasteiger partial charge in [0.25, 0.3) is 0 Å². The molecule has 1 aromatic rings. The van der Waals surface area contributed by atoms with Gasteiger partial charge in [-0.05, 0) is 29.8 Å². The van der Waals surface area contributed by atoms with Gasteiger partial charge in [-0.3, -0.25) is 9.79 Å². The van der Waals surface area contributed by atoms with E-state index in [1.165, 1.54) is 0 Å². The number of likely N-dealkylation sites (N-methyl/N-ethyl adjacent to an activating group) is 2. The van der Waals surface area contributed by atoms with Crippen molar-refractivity contribution >= 4 is 34.5 Å². The fraction of sp³-hybridized carbons (Fsp3) is 0.368. The monoisotopic (exact) mass is 359 g/mol. The molecular formula is C19H25N3O2S. The van der Waals surface area contributed by atoms with Gasteiger partial charge in [-0.2, -0.15) is 0 Å². The van der Waals surface area contributed by atoms with Gasteiger partial charge in [0.15, 0.2) is 5.62 Å². The highest BCUT2D eigenvalue weighted by molar-refractivity contribution is 8.15. The van der Waals surface area contributed by atoms with Gasteiger partial charge in [0, 0.05) is 42.3 Å². The van der Waals surface area contributed by atoms with Crippen LogP contribution in [0.2, 0.25) is 0 Å². The second-order valence-electron chi connectivity index (χ2n) is 6.42. The molecule has 0 aliphatic carbocycles. The summed E-state index contributed by atoms with van der Waals surface area (Å²) in [5, 5.41) is 12.1. The predicted molar refractivity (Wildman–Crippen MR) is 108 cm³/mol. The molecule has 0 amide bonds. The summed E-state index contributed by atoms with van der Waals surface area (Å²) in [6.45, 7) is 8.87. The highest BCUT2D eigenvalue weighted by atomic mass is 32.2. The summed E-state index contributed by atoms with van der Waals surface area (Å²) >= 11 is 1.09. The van der Waals surface area contributed by atoms with Crippen LogP contribution in [0, 0.1) is 0 Å². The second kappa shape index (κ2) is 7.89. The molecule has 5 nitrogen and oxygen atoms in total. The number of hydrogen-bond acceptors (Lipinski definition) is 6. The molecule has 0 fully saturated rings. The van der Waals surface area contributed by atoms with Crippen LogP contribution in [-0.4, -0.2) is 43.7 Å². The van der Waals surface area contributed by atoms with Gasteiger partial charge in [-0.1, -0.05) is 32.2 Å². The van der Waals surface area contributed by atoms with Crippen molar-refractivity contribution in [2.45, 2.75) is 19.3 Å². The number of anilines is 1. The lowest BCUT2D eigenvalue weighted by Crippen LogP contribution is -2.26. The number of nitrogens with zero attached hydrogens (tertiary/aromatic N) is 2. The van der Waals surface area contributed by atoms with Crippen molar-refractivity contribution in [1.82, 2.24) is 5.32 Å². The Morgan fingerprint density at radius 1 is 1.48 bits per heavy atom. The van der Waals surface area contributed by atoms with E-state index in [1.807, 2.05) is 30.2 Å². The zero-order chi connectivity index (χ0) is 18.6. The first kappa shape index (κ1) is 19.3. The van der Waals surface area contributed by atoms with Crippen LogP contribution in [-0.2, 0) is 10.2 Å². The Labute approximate surface area is 153 Å². The van der Waals surface area contributed by atoms with Crippen LogP contribution in [0.3, 0.4) is 0 Å². The second-order valence-corrected chi connectivity index (χ2v) is 7.29. The number of fused-ring (bicyclic) bond motifs is 1. The Balaban J connectivity index is 2.41. The fourth-order valence-electron chi connectivity index (χ4n) is 2.75. The van der Waals surface area contributed by atoms with Crippen LogP contribution in [0.25, 0.3) is 0 Å². The normalized spacial score (nSPS) is 15.4. The fourth-order valence-corrected chi connectivity index (χ4v) is 3.28. The molecule has 1 aromatic carbocycles. The highest BCUT2D eigenvalue weighted by Crippen LogP contribution is 2.42. The minimum absolute atomic E-state index is 0.111. The van der Waals surface area contributed by atoms with Crippen LogP contribution >= 0.6 is 11.8 Å². The van der Waals surface area contributed by atoms with E-state index < -0.39 is 0 Å². The predicted octanol–water partition coefficient (Wildman–Crippen LogP) is 3.02. The zero-order valence-electron chi connectivity index (χ0n) is 15.2. The largest absolute Gasteiger partial charge is 0.395 e. The third-order valence-corrected chi connectivity index (χ3v) is 5.17. The summed E-state index contributed by atoms with van der Waals surface area (Å²) in [5.74, 6) is 0. The quantitative estimate of drug-likeness (QED) is 0.552. The topological polar surface area (TPSA) is 64.9 Å². The number of aliphatic hydroxyl groups excluding tert-OH is 1. The van der Waals surface area contributed by atoms with Gasteiger partial charge in [-0.25, -0.2) is 0 Å². The number of nitrogens with one attached hydrogen (secondary N) is 1. The molecule has 0 atom stereocenters. The van der Waals surface area contributed by atoms with E-state index in [9.17, 15) is 4.79 Å². The van der Waals surface area contributed by atoms with Crippen molar-refractivity contribution < 1.29 is 9.90 Å². The van der Waals surface area contributed by atoms with Gasteiger partial charge >= 0.3 is 0 Å². The van der Waals surface area contributed by atoms with Gasteiger partial charge in [-0.15, -0.1) is 0 Å². The molecule has 1 heterocycles. The van der Waals surface area contributed by atoms with Crippen LogP contribution in [0.15, 0.2) is 46.4 Å². The van der Waals surface area contributed by atoms with Crippen LogP contribution in [0.4, 0.5) is 11.4 Å². The number of allylic oxidation sites excluding steroid dienone is 1. The maximum Gasteiger partial charge on any atom is 0.181 e. The van der Waals surface area contributed by atoms with Gasteiger partial charge < -0.3 is 15.3 Å². The molecule has 0 saturated carbocycles. The molecule has 0 radical (unpaired) electrons. The molecule has 134 valence electrons. The van der Waals surface area contributed by atoms with Gasteiger partial charge in [0.1, 0.15) is 0 Å². The number of aliphatic imine (C=N–C) groups is 1.